The Balaban J connectivity index is 2.20. The van der Waals surface area contributed by atoms with Crippen LogP contribution < -0.4 is 0 Å². The van der Waals surface area contributed by atoms with Gasteiger partial charge in [0.25, 0.3) is 0 Å². The summed E-state index contributed by atoms with van der Waals surface area (Å²) in [6.45, 7) is 13.7. The third kappa shape index (κ3) is 3.02. The van der Waals surface area contributed by atoms with Crippen molar-refractivity contribution in [2.24, 2.45) is 7.05 Å². The molecule has 4 heteroatoms. The maximum Gasteiger partial charge on any atom is 0.351 e. The number of aromatic carboxylic acids is 1. The van der Waals surface area contributed by atoms with Crippen molar-refractivity contribution in [3.63, 3.8) is 0 Å². The number of carboxylic acid groups (broad SMARTS) is 1. The summed E-state index contributed by atoms with van der Waals surface area (Å²) in [6, 6.07) is 14.0. The topological polar surface area (TPSA) is 46.6 Å². The summed E-state index contributed by atoms with van der Waals surface area (Å²) in [7, 11) is 1.71. The van der Waals surface area contributed by atoms with E-state index in [1.165, 1.54) is 16.7 Å². The largest absolute Gasteiger partial charge is 0.477 e. The summed E-state index contributed by atoms with van der Waals surface area (Å²) < 4.78 is 1.63. The molecular formula is C23H22N2O2. The Morgan fingerprint density at radius 3 is 2.00 bits per heavy atom. The zero-order chi connectivity index (χ0) is 19.7. The Morgan fingerprint density at radius 2 is 1.56 bits per heavy atom. The highest BCUT2D eigenvalue weighted by atomic mass is 16.4. The van der Waals surface area contributed by atoms with Crippen molar-refractivity contribution in [2.45, 2.75) is 27.2 Å². The Labute approximate surface area is 159 Å². The van der Waals surface area contributed by atoms with Gasteiger partial charge in [0.15, 0.2) is 0 Å². The number of benzene rings is 2. The van der Waals surface area contributed by atoms with Gasteiger partial charge in [-0.25, -0.2) is 9.64 Å². The molecule has 4 nitrogen and oxygen atoms in total. The molecule has 2 aromatic carbocycles. The number of hydrogen-bond donors (Lipinski definition) is 1. The molecule has 0 fully saturated rings. The molecule has 0 radical (unpaired) electrons. The number of hydrogen-bond acceptors (Lipinski definition) is 1. The molecule has 0 amide bonds. The Hall–Kier alpha value is -3.32. The van der Waals surface area contributed by atoms with E-state index < -0.39 is 5.97 Å². The molecule has 27 heavy (non-hydrogen) atoms. The molecule has 0 saturated heterocycles. The van der Waals surface area contributed by atoms with E-state index in [0.717, 1.165) is 16.8 Å². The van der Waals surface area contributed by atoms with Crippen LogP contribution in [0.25, 0.3) is 27.1 Å². The minimum absolute atomic E-state index is 0.165. The van der Waals surface area contributed by atoms with Gasteiger partial charge in [0, 0.05) is 18.3 Å². The number of carbonyl (C=O) groups is 1. The van der Waals surface area contributed by atoms with Crippen molar-refractivity contribution >= 4 is 11.7 Å². The van der Waals surface area contributed by atoms with E-state index in [4.69, 9.17) is 6.57 Å². The van der Waals surface area contributed by atoms with Crippen LogP contribution in [-0.4, -0.2) is 15.6 Å². The molecule has 0 aliphatic rings. The molecule has 136 valence electrons. The maximum absolute atomic E-state index is 11.9. The molecule has 0 atom stereocenters. The zero-order valence-corrected chi connectivity index (χ0v) is 16.0. The minimum atomic E-state index is -1.02. The second kappa shape index (κ2) is 7.13. The fourth-order valence-electron chi connectivity index (χ4n) is 3.84. The first kappa shape index (κ1) is 18.5. The van der Waals surface area contributed by atoms with E-state index >= 15 is 0 Å². The van der Waals surface area contributed by atoms with Gasteiger partial charge in [-0.1, -0.05) is 49.4 Å². The quantitative estimate of drug-likeness (QED) is 0.600. The van der Waals surface area contributed by atoms with Gasteiger partial charge >= 0.3 is 5.97 Å². The van der Waals surface area contributed by atoms with Gasteiger partial charge < -0.3 is 9.67 Å². The minimum Gasteiger partial charge on any atom is -0.477 e. The molecule has 0 bridgehead atoms. The maximum atomic E-state index is 11.9. The summed E-state index contributed by atoms with van der Waals surface area (Å²) in [6.07, 6.45) is 0.606. The summed E-state index contributed by atoms with van der Waals surface area (Å²) in [5, 5.41) is 9.72. The average molecular weight is 358 g/mol. The van der Waals surface area contributed by atoms with Gasteiger partial charge in [-0.15, -0.1) is 0 Å². The molecule has 0 unspecified atom stereocenters. The molecule has 0 aliphatic heterocycles. The van der Waals surface area contributed by atoms with E-state index in [9.17, 15) is 9.90 Å². The lowest BCUT2D eigenvalue weighted by atomic mass is 9.94. The number of aryl methyl sites for hydroxylation is 2. The lowest BCUT2D eigenvalue weighted by molar-refractivity contribution is 0.0687. The van der Waals surface area contributed by atoms with Crippen molar-refractivity contribution in [3.8, 4) is 22.3 Å². The van der Waals surface area contributed by atoms with Crippen LogP contribution in [0.1, 0.15) is 34.2 Å². The van der Waals surface area contributed by atoms with Crippen LogP contribution in [0.2, 0.25) is 0 Å². The molecule has 1 heterocycles. The van der Waals surface area contributed by atoms with Crippen LogP contribution in [0.5, 0.6) is 0 Å². The molecule has 0 aliphatic carbocycles. The van der Waals surface area contributed by atoms with Crippen molar-refractivity contribution < 1.29 is 9.90 Å². The highest BCUT2D eigenvalue weighted by Crippen LogP contribution is 2.40. The summed E-state index contributed by atoms with van der Waals surface area (Å²) >= 11 is 0. The second-order valence-electron chi connectivity index (χ2n) is 6.69. The normalized spacial score (nSPS) is 10.6. The first-order valence-corrected chi connectivity index (χ1v) is 8.90. The Kier molecular flexibility index (Phi) is 4.87. The standard InChI is InChI=1S/C23H22N2O2/c1-6-18-21(24-4)20(22(23(26)27)25(18)5)17-12-10-16(11-13-17)19-14(2)8-7-9-15(19)3/h7-13H,6H2,1-3,5H3,(H,26,27). The first-order valence-electron chi connectivity index (χ1n) is 8.90. The van der Waals surface area contributed by atoms with Crippen LogP contribution >= 0.6 is 0 Å². The van der Waals surface area contributed by atoms with E-state index in [0.29, 0.717) is 17.7 Å². The van der Waals surface area contributed by atoms with Gasteiger partial charge in [-0.2, -0.15) is 0 Å². The fourth-order valence-corrected chi connectivity index (χ4v) is 3.84. The summed E-state index contributed by atoms with van der Waals surface area (Å²) in [5.41, 5.74) is 7.27. The van der Waals surface area contributed by atoms with Crippen LogP contribution in [0.15, 0.2) is 42.5 Å². The second-order valence-corrected chi connectivity index (χ2v) is 6.69. The van der Waals surface area contributed by atoms with E-state index in [1.807, 2.05) is 37.3 Å². The highest BCUT2D eigenvalue weighted by Gasteiger charge is 2.25. The number of nitrogens with zero attached hydrogens (tertiary/aromatic N) is 2. The Bertz CT molecular complexity index is 1050. The molecule has 3 aromatic rings. The average Bonchev–Trinajstić information content (AvgIpc) is 2.93. The van der Waals surface area contributed by atoms with Crippen molar-refractivity contribution in [1.29, 1.82) is 0 Å². The van der Waals surface area contributed by atoms with Crippen molar-refractivity contribution in [2.75, 3.05) is 0 Å². The first-order chi connectivity index (χ1) is 12.9. The molecule has 1 aromatic heterocycles. The number of rotatable bonds is 4. The van der Waals surface area contributed by atoms with E-state index in [1.54, 1.807) is 11.6 Å². The van der Waals surface area contributed by atoms with Gasteiger partial charge in [-0.3, -0.25) is 0 Å². The molecule has 0 saturated carbocycles. The highest BCUT2D eigenvalue weighted by molar-refractivity contribution is 6.01. The molecule has 1 N–H and O–H groups in total. The Morgan fingerprint density at radius 1 is 1.04 bits per heavy atom. The van der Waals surface area contributed by atoms with E-state index in [-0.39, 0.29) is 5.69 Å². The van der Waals surface area contributed by atoms with Crippen LogP contribution in [0, 0.1) is 20.4 Å². The van der Waals surface area contributed by atoms with Gasteiger partial charge in [-0.05, 0) is 48.1 Å². The zero-order valence-electron chi connectivity index (χ0n) is 16.0. The summed E-state index contributed by atoms with van der Waals surface area (Å²) in [4.78, 5) is 15.5. The lowest BCUT2D eigenvalue weighted by Crippen LogP contribution is -2.07. The van der Waals surface area contributed by atoms with Gasteiger partial charge in [0.05, 0.1) is 6.57 Å². The SMILES string of the molecule is [C-]#[N+]c1c(-c2ccc(-c3c(C)cccc3C)cc2)c(C(=O)O)n(C)c1CC. The number of carboxylic acids is 1. The third-order valence-electron chi connectivity index (χ3n) is 5.08. The smallest absolute Gasteiger partial charge is 0.351 e. The van der Waals surface area contributed by atoms with Gasteiger partial charge in [0.1, 0.15) is 5.69 Å². The predicted octanol–water partition coefficient (Wildman–Crippen LogP) is 5.79. The predicted molar refractivity (Wildman–Crippen MR) is 108 cm³/mol. The summed E-state index contributed by atoms with van der Waals surface area (Å²) in [5.74, 6) is -1.02. The van der Waals surface area contributed by atoms with Crippen LogP contribution in [-0.2, 0) is 13.5 Å². The molecular weight excluding hydrogens is 336 g/mol. The molecule has 3 rings (SSSR count). The van der Waals surface area contributed by atoms with Crippen LogP contribution in [0.4, 0.5) is 5.69 Å². The van der Waals surface area contributed by atoms with Crippen molar-refractivity contribution in [1.82, 2.24) is 4.57 Å². The van der Waals surface area contributed by atoms with Crippen LogP contribution in [0.3, 0.4) is 0 Å². The van der Waals surface area contributed by atoms with Gasteiger partial charge in [0.2, 0.25) is 5.69 Å². The fraction of sp³-hybridized carbons (Fsp3) is 0.217. The van der Waals surface area contributed by atoms with Crippen molar-refractivity contribution in [3.05, 3.63) is 76.4 Å². The van der Waals surface area contributed by atoms with E-state index in [2.05, 4.69) is 30.8 Å². The molecule has 0 spiro atoms. The lowest BCUT2D eigenvalue weighted by Gasteiger charge is -2.11. The third-order valence-corrected chi connectivity index (χ3v) is 5.08. The number of aromatic nitrogens is 1. The monoisotopic (exact) mass is 358 g/mol.